The largest absolute Gasteiger partial charge is 0.493 e. The van der Waals surface area contributed by atoms with Crippen LogP contribution < -0.4 is 14.8 Å². The van der Waals surface area contributed by atoms with Crippen molar-refractivity contribution in [2.75, 3.05) is 40.9 Å². The zero-order valence-corrected chi connectivity index (χ0v) is 12.8. The molecular weight excluding hydrogens is 252 g/mol. The lowest BCUT2D eigenvalue weighted by Crippen LogP contribution is -2.21. The summed E-state index contributed by atoms with van der Waals surface area (Å²) in [6, 6.07) is 6.20. The van der Waals surface area contributed by atoms with E-state index in [0.717, 1.165) is 30.5 Å². The van der Waals surface area contributed by atoms with E-state index >= 15 is 0 Å². The van der Waals surface area contributed by atoms with Crippen molar-refractivity contribution >= 4 is 0 Å². The van der Waals surface area contributed by atoms with Crippen LogP contribution in [-0.2, 0) is 6.54 Å². The molecule has 0 bridgehead atoms. The van der Waals surface area contributed by atoms with Crippen LogP contribution in [0.2, 0.25) is 0 Å². The fourth-order valence-corrected chi connectivity index (χ4v) is 2.88. The lowest BCUT2D eigenvalue weighted by Gasteiger charge is -2.17. The van der Waals surface area contributed by atoms with Crippen molar-refractivity contribution in [3.8, 4) is 11.5 Å². The summed E-state index contributed by atoms with van der Waals surface area (Å²) in [5.41, 5.74) is 1.29. The Hall–Kier alpha value is -1.26. The van der Waals surface area contributed by atoms with Crippen LogP contribution in [0.15, 0.2) is 18.2 Å². The summed E-state index contributed by atoms with van der Waals surface area (Å²) in [5, 5.41) is 3.24. The smallest absolute Gasteiger partial charge is 0.161 e. The van der Waals surface area contributed by atoms with Gasteiger partial charge in [-0.3, -0.25) is 4.90 Å². The molecule has 112 valence electrons. The maximum absolute atomic E-state index is 5.36. The van der Waals surface area contributed by atoms with Crippen molar-refractivity contribution in [2.45, 2.75) is 19.4 Å². The first kappa shape index (κ1) is 15.1. The lowest BCUT2D eigenvalue weighted by atomic mass is 10.1. The molecule has 0 aromatic heterocycles. The number of methoxy groups -OCH3 is 2. The van der Waals surface area contributed by atoms with Crippen LogP contribution in [-0.4, -0.2) is 45.8 Å². The maximum atomic E-state index is 5.36. The second kappa shape index (κ2) is 7.50. The van der Waals surface area contributed by atoms with Gasteiger partial charge in [-0.2, -0.15) is 0 Å². The van der Waals surface area contributed by atoms with Crippen molar-refractivity contribution in [1.82, 2.24) is 10.2 Å². The highest BCUT2D eigenvalue weighted by Gasteiger charge is 2.22. The Labute approximate surface area is 122 Å². The summed E-state index contributed by atoms with van der Waals surface area (Å²) in [7, 11) is 5.38. The molecule has 0 aliphatic carbocycles. The molecule has 0 amide bonds. The van der Waals surface area contributed by atoms with Gasteiger partial charge in [-0.15, -0.1) is 0 Å². The number of ether oxygens (including phenoxy) is 2. The first-order valence-electron chi connectivity index (χ1n) is 7.34. The zero-order chi connectivity index (χ0) is 14.4. The minimum absolute atomic E-state index is 0.796. The van der Waals surface area contributed by atoms with Crippen molar-refractivity contribution in [3.63, 3.8) is 0 Å². The van der Waals surface area contributed by atoms with E-state index in [-0.39, 0.29) is 0 Å². The molecule has 1 aromatic carbocycles. The standard InChI is InChI=1S/C16H26N2O2/c1-17-8-6-13-7-9-18(11-13)12-14-4-5-15(19-2)16(10-14)20-3/h4-5,10,13,17H,6-9,11-12H2,1-3H3. The monoisotopic (exact) mass is 278 g/mol. The minimum atomic E-state index is 0.796. The first-order chi connectivity index (χ1) is 9.76. The molecule has 1 saturated heterocycles. The van der Waals surface area contributed by atoms with Crippen molar-refractivity contribution in [2.24, 2.45) is 5.92 Å². The Kier molecular flexibility index (Phi) is 5.68. The van der Waals surface area contributed by atoms with Gasteiger partial charge in [0.2, 0.25) is 0 Å². The SMILES string of the molecule is CNCCC1CCN(Cc2ccc(OC)c(OC)c2)C1. The van der Waals surface area contributed by atoms with Crippen LogP contribution in [0.4, 0.5) is 0 Å². The molecule has 0 radical (unpaired) electrons. The van der Waals surface area contributed by atoms with E-state index in [2.05, 4.69) is 22.3 Å². The van der Waals surface area contributed by atoms with Crippen molar-refractivity contribution in [1.29, 1.82) is 0 Å². The number of benzene rings is 1. The van der Waals surface area contributed by atoms with E-state index in [9.17, 15) is 0 Å². The molecule has 1 heterocycles. The molecule has 1 aliphatic rings. The highest BCUT2D eigenvalue weighted by atomic mass is 16.5. The fraction of sp³-hybridized carbons (Fsp3) is 0.625. The molecule has 1 atom stereocenters. The van der Waals surface area contributed by atoms with Crippen LogP contribution in [0.3, 0.4) is 0 Å². The molecule has 2 rings (SSSR count). The van der Waals surface area contributed by atoms with E-state index in [4.69, 9.17) is 9.47 Å². The summed E-state index contributed by atoms with van der Waals surface area (Å²) in [6.45, 7) is 4.52. The predicted octanol–water partition coefficient (Wildman–Crippen LogP) is 2.14. The lowest BCUT2D eigenvalue weighted by molar-refractivity contribution is 0.311. The molecule has 1 unspecified atom stereocenters. The summed E-state index contributed by atoms with van der Waals surface area (Å²) in [5.74, 6) is 2.45. The highest BCUT2D eigenvalue weighted by molar-refractivity contribution is 5.42. The molecule has 1 aliphatic heterocycles. The van der Waals surface area contributed by atoms with E-state index in [1.807, 2.05) is 13.1 Å². The fourth-order valence-electron chi connectivity index (χ4n) is 2.88. The molecule has 1 aromatic rings. The van der Waals surface area contributed by atoms with E-state index in [0.29, 0.717) is 0 Å². The van der Waals surface area contributed by atoms with Crippen LogP contribution in [0, 0.1) is 5.92 Å². The molecule has 1 fully saturated rings. The Morgan fingerprint density at radius 1 is 1.25 bits per heavy atom. The van der Waals surface area contributed by atoms with E-state index in [1.54, 1.807) is 14.2 Å². The molecule has 1 N–H and O–H groups in total. The number of hydrogen-bond acceptors (Lipinski definition) is 4. The highest BCUT2D eigenvalue weighted by Crippen LogP contribution is 2.29. The number of likely N-dealkylation sites (tertiary alicyclic amines) is 1. The van der Waals surface area contributed by atoms with Crippen molar-refractivity contribution in [3.05, 3.63) is 23.8 Å². The molecular formula is C16H26N2O2. The normalized spacial score (nSPS) is 19.2. The Bertz CT molecular complexity index is 423. The number of nitrogens with zero attached hydrogens (tertiary/aromatic N) is 1. The minimum Gasteiger partial charge on any atom is -0.493 e. The number of rotatable bonds is 7. The molecule has 20 heavy (non-hydrogen) atoms. The third-order valence-electron chi connectivity index (χ3n) is 4.03. The van der Waals surface area contributed by atoms with Crippen LogP contribution >= 0.6 is 0 Å². The summed E-state index contributed by atoms with van der Waals surface area (Å²) >= 11 is 0. The van der Waals surface area contributed by atoms with Gasteiger partial charge in [-0.25, -0.2) is 0 Å². The van der Waals surface area contributed by atoms with E-state index in [1.165, 1.54) is 31.5 Å². The van der Waals surface area contributed by atoms with Gasteiger partial charge < -0.3 is 14.8 Å². The molecule has 0 saturated carbocycles. The van der Waals surface area contributed by atoms with Crippen molar-refractivity contribution < 1.29 is 9.47 Å². The molecule has 4 heteroatoms. The zero-order valence-electron chi connectivity index (χ0n) is 12.8. The first-order valence-corrected chi connectivity index (χ1v) is 7.34. The Morgan fingerprint density at radius 2 is 2.05 bits per heavy atom. The third kappa shape index (κ3) is 3.87. The maximum Gasteiger partial charge on any atom is 0.161 e. The molecule has 0 spiro atoms. The summed E-state index contributed by atoms with van der Waals surface area (Å²) in [6.07, 6.45) is 2.59. The summed E-state index contributed by atoms with van der Waals surface area (Å²) < 4.78 is 10.6. The van der Waals surface area contributed by atoms with Crippen LogP contribution in [0.25, 0.3) is 0 Å². The van der Waals surface area contributed by atoms with Gasteiger partial charge in [0, 0.05) is 13.1 Å². The van der Waals surface area contributed by atoms with Gasteiger partial charge in [-0.1, -0.05) is 6.07 Å². The second-order valence-electron chi connectivity index (χ2n) is 5.47. The Balaban J connectivity index is 1.91. The van der Waals surface area contributed by atoms with Gasteiger partial charge >= 0.3 is 0 Å². The third-order valence-corrected chi connectivity index (χ3v) is 4.03. The van der Waals surface area contributed by atoms with Gasteiger partial charge in [0.1, 0.15) is 0 Å². The summed E-state index contributed by atoms with van der Waals surface area (Å²) in [4.78, 5) is 2.53. The number of hydrogen-bond donors (Lipinski definition) is 1. The van der Waals surface area contributed by atoms with Crippen LogP contribution in [0.1, 0.15) is 18.4 Å². The van der Waals surface area contributed by atoms with Gasteiger partial charge in [-0.05, 0) is 56.6 Å². The average Bonchev–Trinajstić information content (AvgIpc) is 2.92. The molecule has 4 nitrogen and oxygen atoms in total. The average molecular weight is 278 g/mol. The van der Waals surface area contributed by atoms with E-state index < -0.39 is 0 Å². The van der Waals surface area contributed by atoms with Gasteiger partial charge in [0.05, 0.1) is 14.2 Å². The quantitative estimate of drug-likeness (QED) is 0.828. The topological polar surface area (TPSA) is 33.7 Å². The predicted molar refractivity (Wildman–Crippen MR) is 81.5 cm³/mol. The Morgan fingerprint density at radius 3 is 2.75 bits per heavy atom. The second-order valence-corrected chi connectivity index (χ2v) is 5.47. The van der Waals surface area contributed by atoms with Crippen LogP contribution in [0.5, 0.6) is 11.5 Å². The van der Waals surface area contributed by atoms with Gasteiger partial charge in [0.25, 0.3) is 0 Å². The number of nitrogens with one attached hydrogen (secondary N) is 1. The van der Waals surface area contributed by atoms with Gasteiger partial charge in [0.15, 0.2) is 11.5 Å².